The fourth-order valence-corrected chi connectivity index (χ4v) is 3.83. The van der Waals surface area contributed by atoms with Gasteiger partial charge in [-0.15, -0.1) is 0 Å². The number of carbonyl (C=O) groups excluding carboxylic acids is 1. The van der Waals surface area contributed by atoms with Gasteiger partial charge in [-0.25, -0.2) is 0 Å². The molecule has 3 heteroatoms. The maximum atomic E-state index is 12.6. The lowest BCUT2D eigenvalue weighted by atomic mass is 9.91. The second-order valence-electron chi connectivity index (χ2n) is 6.81. The maximum absolute atomic E-state index is 12.6. The number of carbonyl (C=O) groups is 1. The first kappa shape index (κ1) is 13.3. The Morgan fingerprint density at radius 1 is 1.00 bits per heavy atom. The highest BCUT2D eigenvalue weighted by Crippen LogP contribution is 2.48. The van der Waals surface area contributed by atoms with Gasteiger partial charge in [0, 0.05) is 38.1 Å². The Labute approximate surface area is 126 Å². The molecule has 4 rings (SSSR count). The molecule has 1 aromatic rings. The average molecular weight is 284 g/mol. The molecule has 112 valence electrons. The number of amides is 1. The van der Waals surface area contributed by atoms with Crippen LogP contribution in [0.5, 0.6) is 0 Å². The quantitative estimate of drug-likeness (QED) is 0.851. The molecule has 3 fully saturated rings. The van der Waals surface area contributed by atoms with Gasteiger partial charge in [-0.2, -0.15) is 0 Å². The molecule has 0 bridgehead atoms. The van der Waals surface area contributed by atoms with E-state index >= 15 is 0 Å². The molecule has 0 spiro atoms. The molecule has 1 saturated heterocycles. The minimum Gasteiger partial charge on any atom is -0.340 e. The summed E-state index contributed by atoms with van der Waals surface area (Å²) in [5.41, 5.74) is 1.34. The normalized spacial score (nSPS) is 30.0. The molecule has 2 unspecified atom stereocenters. The standard InChI is InChI=1S/C18H24N2O/c21-18(17-13-16(17)14-5-2-1-3-6-14)20-11-9-19(10-12-20)15-7-4-8-15/h1-3,5-6,15-17H,4,7-13H2. The summed E-state index contributed by atoms with van der Waals surface area (Å²) >= 11 is 0. The zero-order valence-electron chi connectivity index (χ0n) is 12.6. The zero-order valence-corrected chi connectivity index (χ0v) is 12.6. The first-order valence-corrected chi connectivity index (χ1v) is 8.41. The molecule has 21 heavy (non-hydrogen) atoms. The molecule has 0 radical (unpaired) electrons. The van der Waals surface area contributed by atoms with Crippen LogP contribution in [0.3, 0.4) is 0 Å². The number of hydrogen-bond acceptors (Lipinski definition) is 2. The lowest BCUT2D eigenvalue weighted by Crippen LogP contribution is -2.53. The van der Waals surface area contributed by atoms with Crippen LogP contribution in [0.15, 0.2) is 30.3 Å². The van der Waals surface area contributed by atoms with Gasteiger partial charge >= 0.3 is 0 Å². The minimum atomic E-state index is 0.252. The number of hydrogen-bond donors (Lipinski definition) is 0. The van der Waals surface area contributed by atoms with Crippen LogP contribution in [-0.2, 0) is 4.79 Å². The van der Waals surface area contributed by atoms with Crippen molar-refractivity contribution in [3.63, 3.8) is 0 Å². The van der Waals surface area contributed by atoms with Gasteiger partial charge in [-0.3, -0.25) is 9.69 Å². The summed E-state index contributed by atoms with van der Waals surface area (Å²) in [5, 5.41) is 0. The Kier molecular flexibility index (Phi) is 3.46. The lowest BCUT2D eigenvalue weighted by molar-refractivity contribution is -0.135. The first-order chi connectivity index (χ1) is 10.3. The van der Waals surface area contributed by atoms with Crippen molar-refractivity contribution in [1.82, 2.24) is 9.80 Å². The van der Waals surface area contributed by atoms with Gasteiger partial charge in [0.2, 0.25) is 5.91 Å². The second-order valence-corrected chi connectivity index (χ2v) is 6.81. The second kappa shape index (κ2) is 5.45. The third-order valence-electron chi connectivity index (χ3n) is 5.55. The van der Waals surface area contributed by atoms with Crippen molar-refractivity contribution in [3.05, 3.63) is 35.9 Å². The number of rotatable bonds is 3. The summed E-state index contributed by atoms with van der Waals surface area (Å²) in [6.07, 6.45) is 5.18. The Hall–Kier alpha value is -1.35. The molecular formula is C18H24N2O. The number of benzene rings is 1. The molecule has 0 aromatic heterocycles. The summed E-state index contributed by atoms with van der Waals surface area (Å²) in [5.74, 6) is 1.13. The fourth-order valence-electron chi connectivity index (χ4n) is 3.83. The number of nitrogens with zero attached hydrogens (tertiary/aromatic N) is 2. The molecule has 1 aliphatic heterocycles. The highest BCUT2D eigenvalue weighted by Gasteiger charge is 2.46. The Bertz CT molecular complexity index is 503. The van der Waals surface area contributed by atoms with Crippen LogP contribution in [0.4, 0.5) is 0 Å². The van der Waals surface area contributed by atoms with Crippen molar-refractivity contribution in [2.75, 3.05) is 26.2 Å². The van der Waals surface area contributed by atoms with Gasteiger partial charge in [-0.05, 0) is 30.7 Å². The van der Waals surface area contributed by atoms with Crippen LogP contribution in [0.25, 0.3) is 0 Å². The first-order valence-electron chi connectivity index (χ1n) is 8.41. The van der Waals surface area contributed by atoms with Crippen LogP contribution in [0, 0.1) is 5.92 Å². The van der Waals surface area contributed by atoms with Crippen molar-refractivity contribution in [2.24, 2.45) is 5.92 Å². The molecule has 0 N–H and O–H groups in total. The summed E-state index contributed by atoms with van der Waals surface area (Å²) in [6, 6.07) is 11.3. The van der Waals surface area contributed by atoms with Crippen molar-refractivity contribution >= 4 is 5.91 Å². The van der Waals surface area contributed by atoms with E-state index in [2.05, 4.69) is 34.1 Å². The van der Waals surface area contributed by atoms with Crippen molar-refractivity contribution in [3.8, 4) is 0 Å². The highest BCUT2D eigenvalue weighted by molar-refractivity contribution is 5.83. The topological polar surface area (TPSA) is 23.6 Å². The van der Waals surface area contributed by atoms with Crippen LogP contribution < -0.4 is 0 Å². The van der Waals surface area contributed by atoms with E-state index in [9.17, 15) is 4.79 Å². The van der Waals surface area contributed by atoms with E-state index in [1.54, 1.807) is 0 Å². The van der Waals surface area contributed by atoms with Gasteiger partial charge in [-0.1, -0.05) is 36.8 Å². The third kappa shape index (κ3) is 2.59. The van der Waals surface area contributed by atoms with Crippen LogP contribution in [0.1, 0.15) is 37.2 Å². The van der Waals surface area contributed by atoms with Gasteiger partial charge in [0.25, 0.3) is 0 Å². The van der Waals surface area contributed by atoms with Gasteiger partial charge in [0.05, 0.1) is 0 Å². The Morgan fingerprint density at radius 3 is 2.33 bits per heavy atom. The third-order valence-corrected chi connectivity index (χ3v) is 5.55. The van der Waals surface area contributed by atoms with E-state index in [1.165, 1.54) is 24.8 Å². The summed E-state index contributed by atoms with van der Waals surface area (Å²) < 4.78 is 0. The van der Waals surface area contributed by atoms with Crippen LogP contribution in [-0.4, -0.2) is 47.9 Å². The molecule has 2 atom stereocenters. The van der Waals surface area contributed by atoms with E-state index < -0.39 is 0 Å². The van der Waals surface area contributed by atoms with E-state index in [0.29, 0.717) is 11.8 Å². The van der Waals surface area contributed by atoms with E-state index in [1.807, 2.05) is 6.07 Å². The lowest BCUT2D eigenvalue weighted by Gasteiger charge is -2.43. The Balaban J connectivity index is 1.31. The van der Waals surface area contributed by atoms with Gasteiger partial charge in [0.15, 0.2) is 0 Å². The van der Waals surface area contributed by atoms with Crippen molar-refractivity contribution in [2.45, 2.75) is 37.6 Å². The van der Waals surface area contributed by atoms with Crippen molar-refractivity contribution in [1.29, 1.82) is 0 Å². The van der Waals surface area contributed by atoms with Crippen molar-refractivity contribution < 1.29 is 4.79 Å². The molecule has 2 saturated carbocycles. The molecule has 1 aromatic carbocycles. The predicted octanol–water partition coefficient (Wildman–Crippen LogP) is 2.49. The summed E-state index contributed by atoms with van der Waals surface area (Å²) in [7, 11) is 0. The van der Waals surface area contributed by atoms with E-state index in [-0.39, 0.29) is 5.92 Å². The van der Waals surface area contributed by atoms with Gasteiger partial charge < -0.3 is 4.90 Å². The van der Waals surface area contributed by atoms with E-state index in [0.717, 1.165) is 38.6 Å². The molecule has 1 heterocycles. The zero-order chi connectivity index (χ0) is 14.2. The SMILES string of the molecule is O=C(C1CC1c1ccccc1)N1CCN(C2CCC2)CC1. The molecule has 3 aliphatic rings. The minimum absolute atomic E-state index is 0.252. The van der Waals surface area contributed by atoms with Crippen LogP contribution >= 0.6 is 0 Å². The fraction of sp³-hybridized carbons (Fsp3) is 0.611. The largest absolute Gasteiger partial charge is 0.340 e. The summed E-state index contributed by atoms with van der Waals surface area (Å²) in [6.45, 7) is 4.04. The maximum Gasteiger partial charge on any atom is 0.226 e. The van der Waals surface area contributed by atoms with Gasteiger partial charge in [0.1, 0.15) is 0 Å². The van der Waals surface area contributed by atoms with Crippen LogP contribution in [0.2, 0.25) is 0 Å². The highest BCUT2D eigenvalue weighted by atomic mass is 16.2. The molecule has 1 amide bonds. The van der Waals surface area contributed by atoms with E-state index in [4.69, 9.17) is 0 Å². The molecule has 2 aliphatic carbocycles. The predicted molar refractivity (Wildman–Crippen MR) is 83.1 cm³/mol. The molecular weight excluding hydrogens is 260 g/mol. The number of piperazine rings is 1. The molecule has 3 nitrogen and oxygen atoms in total. The summed E-state index contributed by atoms with van der Waals surface area (Å²) in [4.78, 5) is 17.3. The average Bonchev–Trinajstić information content (AvgIpc) is 3.27. The monoisotopic (exact) mass is 284 g/mol. The smallest absolute Gasteiger partial charge is 0.226 e. The Morgan fingerprint density at radius 2 is 1.71 bits per heavy atom.